The molecule has 0 aliphatic carbocycles. The number of anilines is 1. The first kappa shape index (κ1) is 23.2. The third kappa shape index (κ3) is 6.77. The molecule has 4 rings (SSSR count). The van der Waals surface area contributed by atoms with Crippen molar-refractivity contribution in [3.05, 3.63) is 42.7 Å². The summed E-state index contributed by atoms with van der Waals surface area (Å²) >= 11 is 1.69. The summed E-state index contributed by atoms with van der Waals surface area (Å²) in [5, 5.41) is 6.72. The number of nitrogens with zero attached hydrogens (tertiary/aromatic N) is 3. The topological polar surface area (TPSA) is 107 Å². The lowest BCUT2D eigenvalue weighted by Crippen LogP contribution is -2.37. The van der Waals surface area contributed by atoms with E-state index in [2.05, 4.69) is 20.6 Å². The van der Waals surface area contributed by atoms with Gasteiger partial charge >= 0.3 is 5.97 Å². The molecule has 9 nitrogen and oxygen atoms in total. The lowest BCUT2D eigenvalue weighted by atomic mass is 10.1. The van der Waals surface area contributed by atoms with E-state index in [1.165, 1.54) is 6.92 Å². The number of hydrogen-bond acceptors (Lipinski definition) is 10. The molecule has 33 heavy (non-hydrogen) atoms. The molecule has 0 spiro atoms. The van der Waals surface area contributed by atoms with Crippen molar-refractivity contribution in [3.63, 3.8) is 0 Å². The number of thioether (sulfide) groups is 1. The Kier molecular flexibility index (Phi) is 8.29. The number of pyridine rings is 1. The third-order valence-electron chi connectivity index (χ3n) is 4.87. The third-order valence-corrected chi connectivity index (χ3v) is 5.86. The van der Waals surface area contributed by atoms with Gasteiger partial charge in [0, 0.05) is 44.4 Å². The molecule has 1 fully saturated rings. The zero-order valence-electron chi connectivity index (χ0n) is 18.5. The number of morpholine rings is 1. The van der Waals surface area contributed by atoms with Gasteiger partial charge in [-0.15, -0.1) is 11.8 Å². The molecule has 10 heteroatoms. The van der Waals surface area contributed by atoms with Gasteiger partial charge in [0.15, 0.2) is 5.82 Å². The maximum absolute atomic E-state index is 10.8. The number of rotatable bonds is 10. The van der Waals surface area contributed by atoms with E-state index in [1.807, 2.05) is 30.3 Å². The Morgan fingerprint density at radius 2 is 2.09 bits per heavy atom. The van der Waals surface area contributed by atoms with Crippen LogP contribution in [0.15, 0.2) is 42.7 Å². The van der Waals surface area contributed by atoms with Crippen LogP contribution in [0.25, 0.3) is 22.3 Å². The van der Waals surface area contributed by atoms with Gasteiger partial charge in [0.05, 0.1) is 36.9 Å². The van der Waals surface area contributed by atoms with Gasteiger partial charge in [-0.3, -0.25) is 9.78 Å². The van der Waals surface area contributed by atoms with Crippen LogP contribution in [0, 0.1) is 0 Å². The highest BCUT2D eigenvalue weighted by Gasteiger charge is 2.15. The number of fused-ring (bicyclic) bond motifs is 1. The van der Waals surface area contributed by atoms with E-state index < -0.39 is 0 Å². The highest BCUT2D eigenvalue weighted by Crippen LogP contribution is 2.27. The monoisotopic (exact) mass is 469 g/mol. The molecular weight excluding hydrogens is 442 g/mol. The van der Waals surface area contributed by atoms with Gasteiger partial charge in [-0.05, 0) is 30.3 Å². The van der Waals surface area contributed by atoms with Crippen LogP contribution in [0.4, 0.5) is 5.82 Å². The number of esters is 1. The average Bonchev–Trinajstić information content (AvgIpc) is 2.84. The zero-order chi connectivity index (χ0) is 22.9. The van der Waals surface area contributed by atoms with Crippen LogP contribution < -0.4 is 15.4 Å². The fourth-order valence-electron chi connectivity index (χ4n) is 3.28. The van der Waals surface area contributed by atoms with Crippen LogP contribution in [-0.4, -0.2) is 65.1 Å². The van der Waals surface area contributed by atoms with Crippen LogP contribution in [-0.2, 0) is 14.3 Å². The molecule has 1 aromatic carbocycles. The Bertz CT molecular complexity index is 1060. The van der Waals surface area contributed by atoms with E-state index >= 15 is 0 Å². The molecule has 1 atom stereocenters. The number of nitrogens with one attached hydrogen (secondary N) is 2. The largest absolute Gasteiger partial charge is 0.493 e. The average molecular weight is 470 g/mol. The highest BCUT2D eigenvalue weighted by atomic mass is 32.2. The summed E-state index contributed by atoms with van der Waals surface area (Å²) < 4.78 is 16.4. The number of hydrogen-bond donors (Lipinski definition) is 2. The molecule has 2 aromatic heterocycles. The second kappa shape index (κ2) is 11.8. The molecule has 0 saturated carbocycles. The molecule has 3 aromatic rings. The lowest BCUT2D eigenvalue weighted by molar-refractivity contribution is -0.141. The molecule has 1 aliphatic rings. The van der Waals surface area contributed by atoms with Gasteiger partial charge in [-0.1, -0.05) is 0 Å². The predicted octanol–water partition coefficient (Wildman–Crippen LogP) is 3.07. The van der Waals surface area contributed by atoms with Crippen molar-refractivity contribution >= 4 is 34.6 Å². The maximum atomic E-state index is 10.8. The number of carbonyl (C=O) groups excluding carboxylic acids is 1. The SMILES string of the molecule is CC(=O)OCCCOc1ccc(-c2cc3nccnc3c(NCSC3CNCCO3)n2)cc1. The predicted molar refractivity (Wildman–Crippen MR) is 128 cm³/mol. The highest BCUT2D eigenvalue weighted by molar-refractivity contribution is 7.99. The Morgan fingerprint density at radius 3 is 2.88 bits per heavy atom. The summed E-state index contributed by atoms with van der Waals surface area (Å²) in [7, 11) is 0. The van der Waals surface area contributed by atoms with Gasteiger partial charge in [0.25, 0.3) is 0 Å². The van der Waals surface area contributed by atoms with Crippen molar-refractivity contribution in [2.75, 3.05) is 44.1 Å². The minimum Gasteiger partial charge on any atom is -0.493 e. The Balaban J connectivity index is 1.42. The molecule has 2 N–H and O–H groups in total. The summed E-state index contributed by atoms with van der Waals surface area (Å²) in [5.41, 5.74) is 3.37. The number of benzene rings is 1. The van der Waals surface area contributed by atoms with Crippen molar-refractivity contribution < 1.29 is 19.0 Å². The second-order valence-electron chi connectivity index (χ2n) is 7.34. The Morgan fingerprint density at radius 1 is 1.24 bits per heavy atom. The summed E-state index contributed by atoms with van der Waals surface area (Å²) in [6.45, 7) is 4.68. The number of ether oxygens (including phenoxy) is 3. The normalized spacial score (nSPS) is 15.8. The Hall–Kier alpha value is -2.95. The second-order valence-corrected chi connectivity index (χ2v) is 8.49. The van der Waals surface area contributed by atoms with Crippen LogP contribution in [0.2, 0.25) is 0 Å². The molecule has 1 saturated heterocycles. The summed E-state index contributed by atoms with van der Waals surface area (Å²) in [4.78, 5) is 24.5. The van der Waals surface area contributed by atoms with Crippen LogP contribution in [0.1, 0.15) is 13.3 Å². The van der Waals surface area contributed by atoms with E-state index in [0.717, 1.165) is 47.7 Å². The maximum Gasteiger partial charge on any atom is 0.302 e. The van der Waals surface area contributed by atoms with E-state index in [9.17, 15) is 4.79 Å². The van der Waals surface area contributed by atoms with Crippen LogP contribution in [0.5, 0.6) is 5.75 Å². The zero-order valence-corrected chi connectivity index (χ0v) is 19.3. The molecule has 174 valence electrons. The van der Waals surface area contributed by atoms with Gasteiger partial charge in [0.1, 0.15) is 16.7 Å². The van der Waals surface area contributed by atoms with E-state index in [1.54, 1.807) is 24.2 Å². The standard InChI is InChI=1S/C23H27N5O4S/c1-16(29)30-10-2-11-31-18-5-3-17(4-6-18)19-13-20-22(26-8-7-25-20)23(28-19)27-15-33-21-14-24-9-12-32-21/h3-8,13,21,24H,2,9-12,14-15H2,1H3,(H,27,28). The quantitative estimate of drug-likeness (QED) is 0.261. The minimum absolute atomic E-state index is 0.119. The molecular formula is C23H27N5O4S. The van der Waals surface area contributed by atoms with Crippen molar-refractivity contribution in [1.29, 1.82) is 0 Å². The summed E-state index contributed by atoms with van der Waals surface area (Å²) in [6.07, 6.45) is 3.99. The van der Waals surface area contributed by atoms with E-state index in [4.69, 9.17) is 19.2 Å². The van der Waals surface area contributed by atoms with Crippen LogP contribution in [0.3, 0.4) is 0 Å². The first-order valence-corrected chi connectivity index (χ1v) is 11.9. The van der Waals surface area contributed by atoms with Crippen LogP contribution >= 0.6 is 11.8 Å². The molecule has 3 heterocycles. The van der Waals surface area contributed by atoms with Crippen molar-refractivity contribution in [2.45, 2.75) is 18.8 Å². The van der Waals surface area contributed by atoms with Gasteiger partial charge < -0.3 is 24.8 Å². The van der Waals surface area contributed by atoms with Gasteiger partial charge in [0.2, 0.25) is 0 Å². The van der Waals surface area contributed by atoms with Crippen molar-refractivity contribution in [2.24, 2.45) is 0 Å². The number of aromatic nitrogens is 3. The lowest BCUT2D eigenvalue weighted by Gasteiger charge is -2.23. The molecule has 0 bridgehead atoms. The molecule has 0 radical (unpaired) electrons. The van der Waals surface area contributed by atoms with Gasteiger partial charge in [-0.25, -0.2) is 9.97 Å². The Labute approximate surface area is 196 Å². The molecule has 1 aliphatic heterocycles. The van der Waals surface area contributed by atoms with Gasteiger partial charge in [-0.2, -0.15) is 0 Å². The first-order chi connectivity index (χ1) is 16.2. The first-order valence-electron chi connectivity index (χ1n) is 10.9. The van der Waals surface area contributed by atoms with E-state index in [0.29, 0.717) is 31.3 Å². The van der Waals surface area contributed by atoms with Crippen molar-refractivity contribution in [3.8, 4) is 17.0 Å². The summed E-state index contributed by atoms with van der Waals surface area (Å²) in [6, 6.07) is 9.67. The fraction of sp³-hybridized carbons (Fsp3) is 0.391. The van der Waals surface area contributed by atoms with Crippen molar-refractivity contribution in [1.82, 2.24) is 20.3 Å². The molecule has 0 amide bonds. The molecule has 1 unspecified atom stereocenters. The fourth-order valence-corrected chi connectivity index (χ4v) is 4.12. The smallest absolute Gasteiger partial charge is 0.302 e. The van der Waals surface area contributed by atoms with E-state index in [-0.39, 0.29) is 11.4 Å². The number of carbonyl (C=O) groups is 1. The minimum atomic E-state index is -0.279. The summed E-state index contributed by atoms with van der Waals surface area (Å²) in [5.74, 6) is 1.81.